The van der Waals surface area contributed by atoms with Gasteiger partial charge < -0.3 is 29.1 Å². The van der Waals surface area contributed by atoms with Crippen molar-refractivity contribution in [2.75, 3.05) is 43.2 Å². The standard InChI is InChI=1S/C23H23N5O4/c29-23(24-17-5-8-19-20(13-17)31-14-30-19)28-11-9-27(10-12-28)18-6-3-15(4-7-18)21-25-22(32-26-21)16-1-2-16/h3-8,13,16H,1-2,9-12,14H2,(H,24,29). The first-order chi connectivity index (χ1) is 15.7. The van der Waals surface area contributed by atoms with Crippen molar-refractivity contribution in [2.45, 2.75) is 18.8 Å². The lowest BCUT2D eigenvalue weighted by Crippen LogP contribution is -2.50. The van der Waals surface area contributed by atoms with E-state index in [9.17, 15) is 4.79 Å². The summed E-state index contributed by atoms with van der Waals surface area (Å²) in [6, 6.07) is 13.5. The molecule has 164 valence electrons. The third-order valence-electron chi connectivity index (χ3n) is 6.05. The SMILES string of the molecule is O=C(Nc1ccc2c(c1)OCO2)N1CCN(c2ccc(-c3noc(C4CC4)n3)cc2)CC1. The van der Waals surface area contributed by atoms with E-state index in [1.807, 2.05) is 23.1 Å². The predicted octanol–water partition coefficient (Wildman–Crippen LogP) is 3.70. The molecule has 1 aliphatic carbocycles. The van der Waals surface area contributed by atoms with Crippen LogP contribution in [0.4, 0.5) is 16.2 Å². The zero-order chi connectivity index (χ0) is 21.5. The van der Waals surface area contributed by atoms with Crippen molar-refractivity contribution in [1.82, 2.24) is 15.0 Å². The summed E-state index contributed by atoms with van der Waals surface area (Å²) >= 11 is 0. The Labute approximate surface area is 184 Å². The second-order valence-corrected chi connectivity index (χ2v) is 8.25. The van der Waals surface area contributed by atoms with Gasteiger partial charge in [0.1, 0.15) is 0 Å². The molecule has 6 rings (SSSR count). The molecule has 3 aromatic rings. The minimum absolute atomic E-state index is 0.109. The molecule has 2 aromatic carbocycles. The number of ether oxygens (including phenoxy) is 2. The molecule has 1 saturated heterocycles. The summed E-state index contributed by atoms with van der Waals surface area (Å²) in [7, 11) is 0. The first kappa shape index (κ1) is 19.0. The number of amides is 2. The summed E-state index contributed by atoms with van der Waals surface area (Å²) in [5.74, 6) is 3.20. The number of fused-ring (bicyclic) bond motifs is 1. The first-order valence-electron chi connectivity index (χ1n) is 10.9. The molecule has 2 amide bonds. The molecule has 1 aromatic heterocycles. The van der Waals surface area contributed by atoms with E-state index < -0.39 is 0 Å². The van der Waals surface area contributed by atoms with Crippen LogP contribution < -0.4 is 19.7 Å². The first-order valence-corrected chi connectivity index (χ1v) is 10.9. The van der Waals surface area contributed by atoms with Crippen LogP contribution in [0, 0.1) is 0 Å². The average Bonchev–Trinajstić information content (AvgIpc) is 3.37. The van der Waals surface area contributed by atoms with Gasteiger partial charge in [-0.1, -0.05) is 5.16 Å². The maximum Gasteiger partial charge on any atom is 0.321 e. The van der Waals surface area contributed by atoms with Gasteiger partial charge in [-0.25, -0.2) is 4.79 Å². The van der Waals surface area contributed by atoms with Gasteiger partial charge in [0.2, 0.25) is 18.5 Å². The molecule has 1 saturated carbocycles. The quantitative estimate of drug-likeness (QED) is 0.671. The minimum Gasteiger partial charge on any atom is -0.454 e. The molecule has 2 aliphatic heterocycles. The highest BCUT2D eigenvalue weighted by Crippen LogP contribution is 2.39. The molecule has 0 unspecified atom stereocenters. The highest BCUT2D eigenvalue weighted by atomic mass is 16.7. The summed E-state index contributed by atoms with van der Waals surface area (Å²) in [5.41, 5.74) is 2.77. The molecule has 0 bridgehead atoms. The van der Waals surface area contributed by atoms with Crippen LogP contribution in [0.2, 0.25) is 0 Å². The van der Waals surface area contributed by atoms with Crippen molar-refractivity contribution < 1.29 is 18.8 Å². The fraction of sp³-hybridized carbons (Fsp3) is 0.348. The van der Waals surface area contributed by atoms with Crippen molar-refractivity contribution >= 4 is 17.4 Å². The number of nitrogens with zero attached hydrogens (tertiary/aromatic N) is 4. The van der Waals surface area contributed by atoms with Gasteiger partial charge in [-0.05, 0) is 49.2 Å². The highest BCUT2D eigenvalue weighted by Gasteiger charge is 2.30. The highest BCUT2D eigenvalue weighted by molar-refractivity contribution is 5.90. The summed E-state index contributed by atoms with van der Waals surface area (Å²) in [6.45, 7) is 3.04. The number of carbonyl (C=O) groups excluding carboxylic acids is 1. The van der Waals surface area contributed by atoms with Crippen LogP contribution in [0.25, 0.3) is 11.4 Å². The molecule has 2 fully saturated rings. The predicted molar refractivity (Wildman–Crippen MR) is 117 cm³/mol. The summed E-state index contributed by atoms with van der Waals surface area (Å²) < 4.78 is 16.0. The number of anilines is 2. The molecule has 3 heterocycles. The lowest BCUT2D eigenvalue weighted by Gasteiger charge is -2.36. The van der Waals surface area contributed by atoms with Gasteiger partial charge in [-0.3, -0.25) is 0 Å². The Morgan fingerprint density at radius 3 is 2.53 bits per heavy atom. The van der Waals surface area contributed by atoms with Crippen molar-refractivity contribution in [3.05, 3.63) is 48.4 Å². The van der Waals surface area contributed by atoms with Gasteiger partial charge in [0.05, 0.1) is 0 Å². The molecule has 1 N–H and O–H groups in total. The van der Waals surface area contributed by atoms with Crippen LogP contribution >= 0.6 is 0 Å². The normalized spacial score (nSPS) is 17.5. The molecule has 0 atom stereocenters. The topological polar surface area (TPSA) is 93.0 Å². The summed E-state index contributed by atoms with van der Waals surface area (Å²) in [6.07, 6.45) is 2.28. The molecule has 0 radical (unpaired) electrons. The van der Waals surface area contributed by atoms with Crippen molar-refractivity contribution in [1.29, 1.82) is 0 Å². The summed E-state index contributed by atoms with van der Waals surface area (Å²) in [5, 5.41) is 7.05. The second kappa shape index (κ2) is 7.74. The zero-order valence-electron chi connectivity index (χ0n) is 17.5. The second-order valence-electron chi connectivity index (χ2n) is 8.25. The maximum atomic E-state index is 12.7. The van der Waals surface area contributed by atoms with Gasteiger partial charge in [0.15, 0.2) is 11.5 Å². The fourth-order valence-corrected chi connectivity index (χ4v) is 4.01. The summed E-state index contributed by atoms with van der Waals surface area (Å²) in [4.78, 5) is 21.3. The molecule has 9 nitrogen and oxygen atoms in total. The smallest absolute Gasteiger partial charge is 0.321 e. The number of piperazine rings is 1. The van der Waals surface area contributed by atoms with Gasteiger partial charge in [-0.15, -0.1) is 0 Å². The average molecular weight is 433 g/mol. The maximum absolute atomic E-state index is 12.7. The monoisotopic (exact) mass is 433 g/mol. The minimum atomic E-state index is -0.109. The van der Waals surface area contributed by atoms with Crippen molar-refractivity contribution in [3.63, 3.8) is 0 Å². The van der Waals surface area contributed by atoms with Crippen LogP contribution in [-0.2, 0) is 0 Å². The van der Waals surface area contributed by atoms with E-state index in [4.69, 9.17) is 14.0 Å². The van der Waals surface area contributed by atoms with Crippen LogP contribution in [0.3, 0.4) is 0 Å². The molecule has 9 heteroatoms. The van der Waals surface area contributed by atoms with Crippen molar-refractivity contribution in [2.24, 2.45) is 0 Å². The Balaban J connectivity index is 1.05. The number of nitrogens with one attached hydrogen (secondary N) is 1. The van der Waals surface area contributed by atoms with E-state index in [1.54, 1.807) is 12.1 Å². The van der Waals surface area contributed by atoms with E-state index in [0.29, 0.717) is 42.0 Å². The Morgan fingerprint density at radius 1 is 0.969 bits per heavy atom. The molecule has 32 heavy (non-hydrogen) atoms. The largest absolute Gasteiger partial charge is 0.454 e. The molecule has 3 aliphatic rings. The number of hydrogen-bond donors (Lipinski definition) is 1. The Kier molecular flexibility index (Phi) is 4.59. The third kappa shape index (κ3) is 3.70. The van der Waals surface area contributed by atoms with Gasteiger partial charge in [0, 0.05) is 55.1 Å². The lowest BCUT2D eigenvalue weighted by molar-refractivity contribution is 0.174. The van der Waals surface area contributed by atoms with Crippen LogP contribution in [0.1, 0.15) is 24.7 Å². The zero-order valence-corrected chi connectivity index (χ0v) is 17.5. The van der Waals surface area contributed by atoms with Gasteiger partial charge >= 0.3 is 6.03 Å². The number of urea groups is 1. The van der Waals surface area contributed by atoms with E-state index in [1.165, 1.54) is 0 Å². The van der Waals surface area contributed by atoms with E-state index in [2.05, 4.69) is 32.5 Å². The molecule has 0 spiro atoms. The Hall–Kier alpha value is -3.75. The van der Waals surface area contributed by atoms with E-state index in [0.717, 1.165) is 43.1 Å². The number of rotatable bonds is 4. The molecular formula is C23H23N5O4. The fourth-order valence-electron chi connectivity index (χ4n) is 4.01. The molecular weight excluding hydrogens is 410 g/mol. The van der Waals surface area contributed by atoms with Crippen LogP contribution in [0.5, 0.6) is 11.5 Å². The number of aromatic nitrogens is 2. The van der Waals surface area contributed by atoms with Gasteiger partial charge in [-0.2, -0.15) is 4.98 Å². The Bertz CT molecular complexity index is 1130. The number of hydrogen-bond acceptors (Lipinski definition) is 7. The van der Waals surface area contributed by atoms with Crippen molar-refractivity contribution in [3.8, 4) is 22.9 Å². The van der Waals surface area contributed by atoms with E-state index >= 15 is 0 Å². The van der Waals surface area contributed by atoms with Gasteiger partial charge in [0.25, 0.3) is 0 Å². The van der Waals surface area contributed by atoms with E-state index in [-0.39, 0.29) is 12.8 Å². The third-order valence-corrected chi connectivity index (χ3v) is 6.05. The Morgan fingerprint density at radius 2 is 1.75 bits per heavy atom. The number of benzene rings is 2. The van der Waals surface area contributed by atoms with Crippen LogP contribution in [0.15, 0.2) is 47.0 Å². The lowest BCUT2D eigenvalue weighted by atomic mass is 10.1. The van der Waals surface area contributed by atoms with Crippen LogP contribution in [-0.4, -0.2) is 54.0 Å². The number of carbonyl (C=O) groups is 1.